The molecular weight excluding hydrogens is 650 g/mol. The van der Waals surface area contributed by atoms with Crippen molar-refractivity contribution in [3.8, 4) is 5.75 Å². The summed E-state index contributed by atoms with van der Waals surface area (Å²) in [6, 6.07) is 7.67. The minimum Gasteiger partial charge on any atom is -0.495 e. The number of urea groups is 1. The van der Waals surface area contributed by atoms with Crippen LogP contribution in [0.4, 0.5) is 10.5 Å². The molecule has 0 saturated carbocycles. The SMILES string of the molecule is CCCCCCCCCCCCCCOC(=O)c1ccc(OC)c(NC(=O)C(C(=O)c2ccccc2C)N2C(=O)C(=C(C)C)N(C(C)=O)C2=O)c1. The van der Waals surface area contributed by atoms with E-state index in [4.69, 9.17) is 9.47 Å². The third kappa shape index (κ3) is 10.8. The molecule has 11 heteroatoms. The van der Waals surface area contributed by atoms with Gasteiger partial charge >= 0.3 is 12.0 Å². The van der Waals surface area contributed by atoms with Crippen molar-refractivity contribution < 1.29 is 38.2 Å². The van der Waals surface area contributed by atoms with Crippen molar-refractivity contribution in [1.82, 2.24) is 9.80 Å². The van der Waals surface area contributed by atoms with Gasteiger partial charge in [-0.15, -0.1) is 0 Å². The highest BCUT2D eigenvalue weighted by molar-refractivity contribution is 6.27. The lowest BCUT2D eigenvalue weighted by Gasteiger charge is -2.24. The minimum atomic E-state index is -1.99. The first-order chi connectivity index (χ1) is 24.4. The molecule has 1 aliphatic rings. The van der Waals surface area contributed by atoms with Gasteiger partial charge in [0.15, 0.2) is 11.8 Å². The van der Waals surface area contributed by atoms with E-state index in [0.717, 1.165) is 32.6 Å². The molecule has 0 bridgehead atoms. The van der Waals surface area contributed by atoms with Gasteiger partial charge in [-0.05, 0) is 56.5 Å². The number of unbranched alkanes of at least 4 members (excludes halogenated alkanes) is 11. The summed E-state index contributed by atoms with van der Waals surface area (Å²) in [4.78, 5) is 82.0. The van der Waals surface area contributed by atoms with Gasteiger partial charge in [-0.1, -0.05) is 102 Å². The molecule has 3 rings (SSSR count). The quantitative estimate of drug-likeness (QED) is 0.0364. The highest BCUT2D eigenvalue weighted by atomic mass is 16.5. The topological polar surface area (TPSA) is 139 Å². The Hall–Kier alpha value is -4.80. The Morgan fingerprint density at radius 1 is 0.804 bits per heavy atom. The van der Waals surface area contributed by atoms with Crippen molar-refractivity contribution in [1.29, 1.82) is 0 Å². The highest BCUT2D eigenvalue weighted by Gasteiger charge is 2.51. The normalized spacial score (nSPS) is 13.3. The summed E-state index contributed by atoms with van der Waals surface area (Å²) in [6.07, 6.45) is 14.3. The first kappa shape index (κ1) is 40.6. The third-order valence-electron chi connectivity index (χ3n) is 8.92. The van der Waals surface area contributed by atoms with Crippen molar-refractivity contribution in [3.63, 3.8) is 0 Å². The van der Waals surface area contributed by atoms with Crippen molar-refractivity contribution in [2.24, 2.45) is 0 Å². The maximum atomic E-state index is 14.1. The second-order valence-corrected chi connectivity index (χ2v) is 13.2. The van der Waals surface area contributed by atoms with Crippen LogP contribution in [0.25, 0.3) is 0 Å². The Morgan fingerprint density at radius 3 is 1.92 bits per heavy atom. The fraction of sp³-hybridized carbons (Fsp3) is 0.500. The summed E-state index contributed by atoms with van der Waals surface area (Å²) in [5.41, 5.74) is 0.911. The predicted octanol–water partition coefficient (Wildman–Crippen LogP) is 8.16. The lowest BCUT2D eigenvalue weighted by atomic mass is 9.97. The molecule has 1 unspecified atom stereocenters. The first-order valence-electron chi connectivity index (χ1n) is 18.1. The van der Waals surface area contributed by atoms with E-state index in [-0.39, 0.29) is 34.9 Å². The maximum Gasteiger partial charge on any atom is 0.339 e. The van der Waals surface area contributed by atoms with Crippen molar-refractivity contribution in [2.45, 2.75) is 118 Å². The van der Waals surface area contributed by atoms with E-state index in [2.05, 4.69) is 12.2 Å². The van der Waals surface area contributed by atoms with Crippen LogP contribution in [0.15, 0.2) is 53.7 Å². The number of anilines is 1. The molecule has 51 heavy (non-hydrogen) atoms. The van der Waals surface area contributed by atoms with E-state index in [1.807, 2.05) is 0 Å². The molecule has 0 aliphatic carbocycles. The molecule has 2 aromatic carbocycles. The number of methoxy groups -OCH3 is 1. The molecule has 1 aliphatic heterocycles. The second kappa shape index (κ2) is 20.1. The maximum absolute atomic E-state index is 14.1. The van der Waals surface area contributed by atoms with Gasteiger partial charge in [-0.3, -0.25) is 19.2 Å². The van der Waals surface area contributed by atoms with E-state index in [1.54, 1.807) is 39.0 Å². The molecule has 1 heterocycles. The van der Waals surface area contributed by atoms with Gasteiger partial charge in [0.25, 0.3) is 11.8 Å². The fourth-order valence-electron chi connectivity index (χ4n) is 6.13. The molecule has 0 radical (unpaired) electrons. The van der Waals surface area contributed by atoms with Gasteiger partial charge < -0.3 is 14.8 Å². The number of aryl methyl sites for hydroxylation is 1. The Labute approximate surface area is 301 Å². The van der Waals surface area contributed by atoms with Gasteiger partial charge in [-0.25, -0.2) is 19.4 Å². The lowest BCUT2D eigenvalue weighted by molar-refractivity contribution is -0.129. The predicted molar refractivity (Wildman–Crippen MR) is 195 cm³/mol. The number of benzene rings is 2. The number of Topliss-reactive ketones (excluding diaryl/α,β-unsaturated/α-hetero) is 1. The summed E-state index contributed by atoms with van der Waals surface area (Å²) < 4.78 is 10.9. The number of nitrogens with zero attached hydrogens (tertiary/aromatic N) is 2. The molecule has 2 aromatic rings. The van der Waals surface area contributed by atoms with Crippen LogP contribution in [0.1, 0.15) is 131 Å². The van der Waals surface area contributed by atoms with Crippen LogP contribution in [0.3, 0.4) is 0 Å². The van der Waals surface area contributed by atoms with Crippen LogP contribution in [0.5, 0.6) is 5.75 Å². The van der Waals surface area contributed by atoms with Crippen LogP contribution >= 0.6 is 0 Å². The number of nitrogens with one attached hydrogen (secondary N) is 1. The van der Waals surface area contributed by atoms with Gasteiger partial charge in [-0.2, -0.15) is 0 Å². The number of ether oxygens (including phenoxy) is 2. The molecule has 0 aromatic heterocycles. The van der Waals surface area contributed by atoms with Gasteiger partial charge in [0.05, 0.1) is 25.0 Å². The van der Waals surface area contributed by atoms with Crippen molar-refractivity contribution >= 4 is 41.2 Å². The molecule has 1 saturated heterocycles. The zero-order chi connectivity index (χ0) is 37.5. The minimum absolute atomic E-state index is 0.0230. The number of carbonyl (C=O) groups is 6. The summed E-state index contributed by atoms with van der Waals surface area (Å²) in [6.45, 7) is 8.34. The lowest BCUT2D eigenvalue weighted by Crippen LogP contribution is -2.52. The number of amides is 5. The Bertz CT molecular complexity index is 1610. The average molecular weight is 704 g/mol. The molecule has 276 valence electrons. The van der Waals surface area contributed by atoms with E-state index in [1.165, 1.54) is 82.7 Å². The second-order valence-electron chi connectivity index (χ2n) is 13.2. The van der Waals surface area contributed by atoms with Crippen LogP contribution in [0, 0.1) is 6.92 Å². The highest BCUT2D eigenvalue weighted by Crippen LogP contribution is 2.31. The van der Waals surface area contributed by atoms with Gasteiger partial charge in [0.1, 0.15) is 11.4 Å². The first-order valence-corrected chi connectivity index (χ1v) is 18.1. The van der Waals surface area contributed by atoms with E-state index in [9.17, 15) is 28.8 Å². The van der Waals surface area contributed by atoms with E-state index in [0.29, 0.717) is 20.9 Å². The number of hydrogen-bond donors (Lipinski definition) is 1. The zero-order valence-electron chi connectivity index (χ0n) is 31.0. The third-order valence-corrected chi connectivity index (χ3v) is 8.92. The monoisotopic (exact) mass is 703 g/mol. The standard InChI is InChI=1S/C40H53N3O8/c1-7-8-9-10-11-12-13-14-15-16-17-20-25-51-39(48)30-23-24-33(50-6)32(26-30)41-37(46)35(36(45)31-22-19-18-21-28(31)4)43-38(47)34(27(2)3)42(29(5)44)40(43)49/h18-19,21-24,26,35H,7-17,20,25H2,1-6H3,(H,41,46). The summed E-state index contributed by atoms with van der Waals surface area (Å²) in [7, 11) is 1.37. The molecule has 1 atom stereocenters. The number of rotatable bonds is 20. The van der Waals surface area contributed by atoms with E-state index < -0.39 is 41.5 Å². The van der Waals surface area contributed by atoms with Crippen LogP contribution in [-0.4, -0.2) is 65.1 Å². The van der Waals surface area contributed by atoms with Crippen molar-refractivity contribution in [3.05, 3.63) is 70.4 Å². The van der Waals surface area contributed by atoms with Crippen LogP contribution in [-0.2, 0) is 19.1 Å². The summed E-state index contributed by atoms with van der Waals surface area (Å²) in [5.74, 6) is -4.01. The Balaban J connectivity index is 1.72. The van der Waals surface area contributed by atoms with Crippen LogP contribution in [0.2, 0.25) is 0 Å². The van der Waals surface area contributed by atoms with Crippen LogP contribution < -0.4 is 10.1 Å². The molecule has 5 amide bonds. The average Bonchev–Trinajstić information content (AvgIpc) is 3.36. The number of imide groups is 2. The summed E-state index contributed by atoms with van der Waals surface area (Å²) >= 11 is 0. The molecule has 1 fully saturated rings. The van der Waals surface area contributed by atoms with Gasteiger partial charge in [0, 0.05) is 12.5 Å². The van der Waals surface area contributed by atoms with Gasteiger partial charge in [0.2, 0.25) is 5.91 Å². The number of carbonyl (C=O) groups excluding carboxylic acids is 6. The molecule has 0 spiro atoms. The number of esters is 1. The summed E-state index contributed by atoms with van der Waals surface area (Å²) in [5, 5.41) is 2.59. The Kier molecular flexibility index (Phi) is 16.1. The smallest absolute Gasteiger partial charge is 0.339 e. The zero-order valence-corrected chi connectivity index (χ0v) is 31.0. The molecule has 1 N–H and O–H groups in total. The Morgan fingerprint density at radius 2 is 1.39 bits per heavy atom. The number of allylic oxidation sites excluding steroid dienone is 1. The molecule has 11 nitrogen and oxygen atoms in total. The number of ketones is 1. The fourth-order valence-corrected chi connectivity index (χ4v) is 6.13. The van der Waals surface area contributed by atoms with E-state index >= 15 is 0 Å². The largest absolute Gasteiger partial charge is 0.495 e. The van der Waals surface area contributed by atoms with Crippen molar-refractivity contribution in [2.75, 3.05) is 19.0 Å². The molecular formula is C40H53N3O8. The number of hydrogen-bond acceptors (Lipinski definition) is 8.